The molecule has 2 heterocycles. The largest absolute Gasteiger partial charge is 0.305 e. The maximum atomic E-state index is 13.8. The van der Waals surface area contributed by atoms with Crippen molar-refractivity contribution in [2.45, 2.75) is 39.5 Å². The first kappa shape index (κ1) is 29.3. The molecule has 0 fully saturated rings. The van der Waals surface area contributed by atoms with Crippen LogP contribution in [-0.2, 0) is 20.1 Å². The van der Waals surface area contributed by atoms with Gasteiger partial charge in [0.25, 0.3) is 0 Å². The van der Waals surface area contributed by atoms with Crippen LogP contribution in [0, 0.1) is 17.9 Å². The van der Waals surface area contributed by atoms with Crippen molar-refractivity contribution < 1.29 is 24.5 Å². The molecule has 40 heavy (non-hydrogen) atoms. The second kappa shape index (κ2) is 13.1. The summed E-state index contributed by atoms with van der Waals surface area (Å²) in [7, 11) is 0. The molecule has 0 spiro atoms. The van der Waals surface area contributed by atoms with Gasteiger partial charge in [-0.3, -0.25) is 0 Å². The second-order valence-electron chi connectivity index (χ2n) is 10.3. The van der Waals surface area contributed by atoms with E-state index >= 15 is 0 Å². The molecule has 0 aliphatic heterocycles. The van der Waals surface area contributed by atoms with Crippen LogP contribution in [0.25, 0.3) is 44.1 Å². The summed E-state index contributed by atoms with van der Waals surface area (Å²) in [6.45, 7) is 8.78. The summed E-state index contributed by atoms with van der Waals surface area (Å²) in [5.41, 5.74) is 6.41. The molecule has 0 N–H and O–H groups in total. The van der Waals surface area contributed by atoms with Gasteiger partial charge in [0.1, 0.15) is 5.82 Å². The first-order valence-electron chi connectivity index (χ1n) is 13.3. The zero-order valence-corrected chi connectivity index (χ0v) is 25.5. The van der Waals surface area contributed by atoms with Crippen molar-refractivity contribution in [3.05, 3.63) is 132 Å². The number of benzene rings is 4. The monoisotopic (exact) mass is 703 g/mol. The fourth-order valence-electron chi connectivity index (χ4n) is 4.63. The van der Waals surface area contributed by atoms with E-state index in [1.54, 1.807) is 12.3 Å². The molecule has 0 unspecified atom stereocenters. The van der Waals surface area contributed by atoms with Crippen LogP contribution in [0.5, 0.6) is 0 Å². The number of aromatic nitrogens is 2. The Morgan fingerprint density at radius 3 is 2.17 bits per heavy atom. The number of rotatable bonds is 4. The van der Waals surface area contributed by atoms with E-state index in [-0.39, 0.29) is 25.9 Å². The summed E-state index contributed by atoms with van der Waals surface area (Å²) in [6, 6.07) is 35.9. The third kappa shape index (κ3) is 6.52. The smallest absolute Gasteiger partial charge is 0.123 e. The molecule has 0 saturated carbocycles. The van der Waals surface area contributed by atoms with Gasteiger partial charge in [-0.2, -0.15) is 0 Å². The molecule has 0 atom stereocenters. The minimum atomic E-state index is -0.219. The molecule has 2 aromatic heterocycles. The van der Waals surface area contributed by atoms with E-state index in [9.17, 15) is 4.39 Å². The Bertz CT molecular complexity index is 1650. The zero-order chi connectivity index (χ0) is 27.4. The van der Waals surface area contributed by atoms with Crippen LogP contribution in [0.15, 0.2) is 103 Å². The number of pyridine rings is 2. The SMILES string of the molecule is CC(C)c1[c-]c(-c2nccc3c2ccc2ccc(F)cc23)cc(C(C)C)c1.[Ir].[c-]1ccccc1-c1ccccn1. The summed E-state index contributed by atoms with van der Waals surface area (Å²) in [5.74, 6) is 0.608. The van der Waals surface area contributed by atoms with Gasteiger partial charge in [-0.05, 0) is 69.0 Å². The van der Waals surface area contributed by atoms with Crippen molar-refractivity contribution in [2.75, 3.05) is 0 Å². The molecule has 1 radical (unpaired) electrons. The van der Waals surface area contributed by atoms with E-state index in [1.807, 2.05) is 66.9 Å². The van der Waals surface area contributed by atoms with E-state index in [0.29, 0.717) is 11.8 Å². The molecule has 6 rings (SSSR count). The van der Waals surface area contributed by atoms with Crippen LogP contribution in [0.3, 0.4) is 0 Å². The quantitative estimate of drug-likeness (QED) is 0.135. The minimum Gasteiger partial charge on any atom is -0.305 e. The topological polar surface area (TPSA) is 25.8 Å². The zero-order valence-electron chi connectivity index (χ0n) is 23.1. The van der Waals surface area contributed by atoms with Gasteiger partial charge >= 0.3 is 0 Å². The molecular weight excluding hydrogens is 672 g/mol. The summed E-state index contributed by atoms with van der Waals surface area (Å²) in [4.78, 5) is 8.90. The predicted molar refractivity (Wildman–Crippen MR) is 160 cm³/mol. The first-order chi connectivity index (χ1) is 18.9. The van der Waals surface area contributed by atoms with Gasteiger partial charge in [-0.1, -0.05) is 58.0 Å². The Kier molecular flexibility index (Phi) is 9.58. The molecule has 4 heteroatoms. The third-order valence-corrected chi connectivity index (χ3v) is 6.83. The van der Waals surface area contributed by atoms with Crippen molar-refractivity contribution in [3.8, 4) is 22.5 Å². The number of nitrogens with zero attached hydrogens (tertiary/aromatic N) is 2. The average Bonchev–Trinajstić information content (AvgIpc) is 2.97. The molecule has 4 aromatic carbocycles. The number of hydrogen-bond donors (Lipinski definition) is 0. The van der Waals surface area contributed by atoms with E-state index in [1.165, 1.54) is 17.2 Å². The van der Waals surface area contributed by atoms with Gasteiger partial charge in [0.15, 0.2) is 0 Å². The Morgan fingerprint density at radius 1 is 0.675 bits per heavy atom. The van der Waals surface area contributed by atoms with Gasteiger partial charge in [-0.25, -0.2) is 4.39 Å². The third-order valence-electron chi connectivity index (χ3n) is 6.83. The Morgan fingerprint density at radius 2 is 1.48 bits per heavy atom. The Hall–Kier alpha value is -3.72. The first-order valence-corrected chi connectivity index (χ1v) is 13.3. The molecule has 203 valence electrons. The molecule has 2 nitrogen and oxygen atoms in total. The van der Waals surface area contributed by atoms with Crippen molar-refractivity contribution >= 4 is 21.5 Å². The predicted octanol–water partition coefficient (Wildman–Crippen LogP) is 9.79. The second-order valence-corrected chi connectivity index (χ2v) is 10.3. The summed E-state index contributed by atoms with van der Waals surface area (Å²) < 4.78 is 13.8. The Balaban J connectivity index is 0.000000238. The van der Waals surface area contributed by atoms with Crippen LogP contribution in [-0.4, -0.2) is 9.97 Å². The van der Waals surface area contributed by atoms with Crippen LogP contribution in [0.4, 0.5) is 4.39 Å². The van der Waals surface area contributed by atoms with Gasteiger partial charge in [0.2, 0.25) is 0 Å². The van der Waals surface area contributed by atoms with Gasteiger partial charge in [0, 0.05) is 32.5 Å². The van der Waals surface area contributed by atoms with Gasteiger partial charge in [-0.15, -0.1) is 70.8 Å². The molecule has 0 amide bonds. The number of hydrogen-bond acceptors (Lipinski definition) is 2. The minimum absolute atomic E-state index is 0. The van der Waals surface area contributed by atoms with E-state index in [4.69, 9.17) is 0 Å². The van der Waals surface area contributed by atoms with Crippen LogP contribution >= 0.6 is 0 Å². The van der Waals surface area contributed by atoms with E-state index < -0.39 is 0 Å². The van der Waals surface area contributed by atoms with Crippen molar-refractivity contribution in [2.24, 2.45) is 0 Å². The fourth-order valence-corrected chi connectivity index (χ4v) is 4.63. The maximum absolute atomic E-state index is 13.8. The maximum Gasteiger partial charge on any atom is 0.123 e. The van der Waals surface area contributed by atoms with Crippen molar-refractivity contribution in [1.29, 1.82) is 0 Å². The standard InChI is InChI=1S/C25H23FN.C11H8N.Ir/c1-15(2)18-11-19(16(3)4)13-20(12-18)25-23-8-6-17-5-7-21(26)14-24(17)22(23)9-10-27-25;1-2-6-10(7-3-1)11-8-4-5-9-12-11;/h5-12,14-16H,1-4H3;1-6,8-9H;/q2*-1;. The van der Waals surface area contributed by atoms with Gasteiger partial charge in [0.05, 0.1) is 0 Å². The van der Waals surface area contributed by atoms with Crippen molar-refractivity contribution in [3.63, 3.8) is 0 Å². The van der Waals surface area contributed by atoms with E-state index in [2.05, 4.69) is 68.0 Å². The normalized spacial score (nSPS) is 10.9. The molecular formula is C36H31FIrN2-2. The molecule has 0 bridgehead atoms. The summed E-state index contributed by atoms with van der Waals surface area (Å²) in [6.07, 6.45) is 3.60. The average molecular weight is 703 g/mol. The van der Waals surface area contributed by atoms with Crippen molar-refractivity contribution in [1.82, 2.24) is 9.97 Å². The number of fused-ring (bicyclic) bond motifs is 3. The summed E-state index contributed by atoms with van der Waals surface area (Å²) in [5, 5.41) is 4.00. The molecule has 0 aliphatic carbocycles. The van der Waals surface area contributed by atoms with Crippen LogP contribution in [0.1, 0.15) is 50.7 Å². The van der Waals surface area contributed by atoms with Gasteiger partial charge < -0.3 is 9.97 Å². The van der Waals surface area contributed by atoms with Crippen LogP contribution < -0.4 is 0 Å². The van der Waals surface area contributed by atoms with E-state index in [0.717, 1.165) is 44.1 Å². The number of halogens is 1. The molecule has 0 saturated heterocycles. The fraction of sp³-hybridized carbons (Fsp3) is 0.167. The summed E-state index contributed by atoms with van der Waals surface area (Å²) >= 11 is 0. The molecule has 0 aliphatic rings. The Labute approximate surface area is 249 Å². The van der Waals surface area contributed by atoms with Crippen LogP contribution in [0.2, 0.25) is 0 Å². The molecule has 6 aromatic rings.